The maximum Gasteiger partial charge on any atom is 0.0639 e. The molecule has 0 amide bonds. The van der Waals surface area contributed by atoms with Crippen molar-refractivity contribution in [1.82, 2.24) is 0 Å². The molecule has 2 aromatic carbocycles. The van der Waals surface area contributed by atoms with Gasteiger partial charge in [-0.05, 0) is 97.9 Å². The first-order valence-corrected chi connectivity index (χ1v) is 15.0. The molecule has 0 aliphatic heterocycles. The highest BCUT2D eigenvalue weighted by Crippen LogP contribution is 2.25. The zero-order valence-corrected chi connectivity index (χ0v) is 24.3. The minimum Gasteiger partial charge on any atom is -0.252 e. The number of unbranched alkanes of at least 4 members (excludes halogenated alkanes) is 2. The largest absolute Gasteiger partial charge is 0.252 e. The van der Waals surface area contributed by atoms with Crippen molar-refractivity contribution in [2.24, 2.45) is 9.98 Å². The molecule has 0 saturated carbocycles. The van der Waals surface area contributed by atoms with Crippen LogP contribution in [0.2, 0.25) is 0 Å². The predicted molar refractivity (Wildman–Crippen MR) is 162 cm³/mol. The van der Waals surface area contributed by atoms with Crippen molar-refractivity contribution in [3.05, 3.63) is 58.7 Å². The Hall–Kier alpha value is -2.22. The van der Waals surface area contributed by atoms with Crippen molar-refractivity contribution in [3.63, 3.8) is 0 Å². The smallest absolute Gasteiger partial charge is 0.0639 e. The van der Waals surface area contributed by atoms with Crippen molar-refractivity contribution in [1.29, 1.82) is 0 Å². The van der Waals surface area contributed by atoms with Gasteiger partial charge in [-0.1, -0.05) is 92.2 Å². The Bertz CT molecular complexity index is 839. The van der Waals surface area contributed by atoms with E-state index in [0.29, 0.717) is 0 Å². The molecular formula is C34H52N2. The van der Waals surface area contributed by atoms with E-state index in [-0.39, 0.29) is 0 Å². The monoisotopic (exact) mass is 488 g/mol. The third-order valence-electron chi connectivity index (χ3n) is 6.62. The number of aliphatic imine (C=N–C) groups is 2. The number of nitrogens with zero attached hydrogens (tertiary/aromatic N) is 2. The summed E-state index contributed by atoms with van der Waals surface area (Å²) in [6, 6.07) is 14.0. The standard InChI is InChI=1S/C34H52N2/c1-7-13-19-33(35-31-23-27(15-9-3)21-28(24-31)16-10-4)34(20-14-8-2)36-32-25-29(17-11-5)22-30(26-32)18-12-6/h21-26H,7-20H2,1-6H3. The van der Waals surface area contributed by atoms with Crippen molar-refractivity contribution < 1.29 is 0 Å². The second kappa shape index (κ2) is 17.3. The van der Waals surface area contributed by atoms with Crippen LogP contribution >= 0.6 is 0 Å². The van der Waals surface area contributed by atoms with Crippen molar-refractivity contribution >= 4 is 22.8 Å². The van der Waals surface area contributed by atoms with E-state index in [9.17, 15) is 0 Å². The molecule has 2 nitrogen and oxygen atoms in total. The molecule has 0 heterocycles. The van der Waals surface area contributed by atoms with Gasteiger partial charge in [0.2, 0.25) is 0 Å². The van der Waals surface area contributed by atoms with Crippen LogP contribution in [0.15, 0.2) is 46.4 Å². The fraction of sp³-hybridized carbons (Fsp3) is 0.588. The van der Waals surface area contributed by atoms with Gasteiger partial charge in [0.1, 0.15) is 0 Å². The zero-order chi connectivity index (χ0) is 26.2. The molecule has 0 radical (unpaired) electrons. The molecule has 2 heteroatoms. The lowest BCUT2D eigenvalue weighted by Gasteiger charge is -2.13. The van der Waals surface area contributed by atoms with Crippen LogP contribution in [-0.2, 0) is 25.7 Å². The average molecular weight is 489 g/mol. The fourth-order valence-electron chi connectivity index (χ4n) is 4.88. The van der Waals surface area contributed by atoms with Crippen molar-refractivity contribution in [2.75, 3.05) is 0 Å². The molecule has 0 spiro atoms. The third kappa shape index (κ3) is 10.4. The molecule has 0 N–H and O–H groups in total. The summed E-state index contributed by atoms with van der Waals surface area (Å²) in [5, 5.41) is 0. The van der Waals surface area contributed by atoms with E-state index in [0.717, 1.165) is 62.7 Å². The minimum atomic E-state index is 0.997. The topological polar surface area (TPSA) is 24.7 Å². The summed E-state index contributed by atoms with van der Waals surface area (Å²) in [5.41, 5.74) is 10.3. The summed E-state index contributed by atoms with van der Waals surface area (Å²) in [6.45, 7) is 13.6. The lowest BCUT2D eigenvalue weighted by atomic mass is 10.0. The van der Waals surface area contributed by atoms with Gasteiger partial charge in [0.15, 0.2) is 0 Å². The van der Waals surface area contributed by atoms with E-state index in [1.54, 1.807) is 0 Å². The Morgan fingerprint density at radius 2 is 0.750 bits per heavy atom. The Kier molecular flexibility index (Phi) is 14.4. The summed E-state index contributed by atoms with van der Waals surface area (Å²) in [4.78, 5) is 10.7. The highest BCUT2D eigenvalue weighted by atomic mass is 14.8. The molecule has 36 heavy (non-hydrogen) atoms. The van der Waals surface area contributed by atoms with E-state index in [1.165, 1.54) is 72.2 Å². The number of rotatable bonds is 17. The lowest BCUT2D eigenvalue weighted by molar-refractivity contribution is 0.824. The second-order valence-electron chi connectivity index (χ2n) is 10.3. The number of hydrogen-bond acceptors (Lipinski definition) is 2. The molecule has 0 aliphatic rings. The SMILES string of the molecule is CCCCC(=Nc1cc(CCC)cc(CCC)c1)C(CCCC)=Nc1cc(CCC)cc(CCC)c1. The number of benzene rings is 2. The first-order chi connectivity index (χ1) is 17.6. The van der Waals surface area contributed by atoms with Gasteiger partial charge in [-0.2, -0.15) is 0 Å². The van der Waals surface area contributed by atoms with E-state index >= 15 is 0 Å². The molecule has 0 fully saturated rings. The highest BCUT2D eigenvalue weighted by Gasteiger charge is 2.12. The summed E-state index contributed by atoms with van der Waals surface area (Å²) in [6.07, 6.45) is 15.8. The normalized spacial score (nSPS) is 12.4. The van der Waals surface area contributed by atoms with E-state index in [2.05, 4.69) is 77.9 Å². The van der Waals surface area contributed by atoms with Crippen LogP contribution in [0.4, 0.5) is 11.4 Å². The molecule has 0 atom stereocenters. The molecule has 0 bridgehead atoms. The Morgan fingerprint density at radius 3 is 1.00 bits per heavy atom. The van der Waals surface area contributed by atoms with Gasteiger partial charge in [-0.25, -0.2) is 0 Å². The van der Waals surface area contributed by atoms with E-state index < -0.39 is 0 Å². The quantitative estimate of drug-likeness (QED) is 0.198. The van der Waals surface area contributed by atoms with Crippen LogP contribution in [0.3, 0.4) is 0 Å². The van der Waals surface area contributed by atoms with Gasteiger partial charge in [0.25, 0.3) is 0 Å². The summed E-state index contributed by atoms with van der Waals surface area (Å²) in [7, 11) is 0. The van der Waals surface area contributed by atoms with Gasteiger partial charge < -0.3 is 0 Å². The summed E-state index contributed by atoms with van der Waals surface area (Å²) in [5.74, 6) is 0. The van der Waals surface area contributed by atoms with E-state index in [4.69, 9.17) is 9.98 Å². The maximum atomic E-state index is 5.33. The zero-order valence-electron chi connectivity index (χ0n) is 24.3. The molecule has 0 unspecified atom stereocenters. The van der Waals surface area contributed by atoms with Crippen LogP contribution < -0.4 is 0 Å². The Balaban J connectivity index is 2.60. The Morgan fingerprint density at radius 1 is 0.444 bits per heavy atom. The number of aryl methyl sites for hydroxylation is 4. The van der Waals surface area contributed by atoms with Crippen LogP contribution in [0.1, 0.15) is 128 Å². The van der Waals surface area contributed by atoms with Crippen molar-refractivity contribution in [3.8, 4) is 0 Å². The van der Waals surface area contributed by atoms with Crippen LogP contribution in [0.25, 0.3) is 0 Å². The second-order valence-corrected chi connectivity index (χ2v) is 10.3. The van der Waals surface area contributed by atoms with Crippen LogP contribution in [0, 0.1) is 0 Å². The highest BCUT2D eigenvalue weighted by molar-refractivity contribution is 6.43. The molecule has 2 aromatic rings. The first-order valence-electron chi connectivity index (χ1n) is 15.0. The van der Waals surface area contributed by atoms with Crippen molar-refractivity contribution in [2.45, 2.75) is 131 Å². The maximum absolute atomic E-state index is 5.33. The Labute approximate surface area is 222 Å². The predicted octanol–water partition coefficient (Wildman–Crippen LogP) is 10.7. The van der Waals surface area contributed by atoms with Gasteiger partial charge in [-0.3, -0.25) is 9.98 Å². The molecule has 2 rings (SSSR count). The molecule has 0 aliphatic carbocycles. The molecular weight excluding hydrogens is 436 g/mol. The third-order valence-corrected chi connectivity index (χ3v) is 6.62. The molecule has 0 aromatic heterocycles. The minimum absolute atomic E-state index is 0.997. The number of hydrogen-bond donors (Lipinski definition) is 0. The van der Waals surface area contributed by atoms with Gasteiger partial charge in [0.05, 0.1) is 22.8 Å². The van der Waals surface area contributed by atoms with Gasteiger partial charge in [-0.15, -0.1) is 0 Å². The summed E-state index contributed by atoms with van der Waals surface area (Å²) < 4.78 is 0. The first kappa shape index (κ1) is 30.0. The molecule has 198 valence electrons. The van der Waals surface area contributed by atoms with E-state index in [1.807, 2.05) is 0 Å². The average Bonchev–Trinajstić information content (AvgIpc) is 2.85. The lowest BCUT2D eigenvalue weighted by Crippen LogP contribution is -2.14. The van der Waals surface area contributed by atoms with Gasteiger partial charge >= 0.3 is 0 Å². The van der Waals surface area contributed by atoms with Crippen LogP contribution in [-0.4, -0.2) is 11.4 Å². The fourth-order valence-corrected chi connectivity index (χ4v) is 4.88. The van der Waals surface area contributed by atoms with Gasteiger partial charge in [0, 0.05) is 0 Å². The molecule has 0 saturated heterocycles. The summed E-state index contributed by atoms with van der Waals surface area (Å²) >= 11 is 0. The van der Waals surface area contributed by atoms with Crippen LogP contribution in [0.5, 0.6) is 0 Å².